The maximum atomic E-state index is 12.7. The summed E-state index contributed by atoms with van der Waals surface area (Å²) in [5, 5.41) is 52.8. The predicted octanol–water partition coefficient (Wildman–Crippen LogP) is 1.92. The number of esters is 1. The number of carbonyl (C=O) groups is 2. The second-order valence-electron chi connectivity index (χ2n) is 8.83. The Morgan fingerprint density at radius 3 is 2.29 bits per heavy atom. The first-order valence-electron chi connectivity index (χ1n) is 12.4. The molecule has 2 unspecified atom stereocenters. The Morgan fingerprint density at radius 2 is 1.61 bits per heavy atom. The summed E-state index contributed by atoms with van der Waals surface area (Å²) in [6, 6.07) is 20.7. The van der Waals surface area contributed by atoms with E-state index < -0.39 is 54.1 Å². The van der Waals surface area contributed by atoms with E-state index in [4.69, 9.17) is 10.8 Å². The minimum atomic E-state index is -2.02. The molecule has 4 rings (SSSR count). The molecule has 3 aromatic carbocycles. The van der Waals surface area contributed by atoms with Gasteiger partial charge in [0.1, 0.15) is 49.0 Å². The summed E-state index contributed by atoms with van der Waals surface area (Å²) >= 11 is 0. The van der Waals surface area contributed by atoms with Gasteiger partial charge in [-0.3, -0.25) is 4.79 Å². The summed E-state index contributed by atoms with van der Waals surface area (Å²) in [6.07, 6.45) is -9.96. The molecular weight excluding hydrogens is 492 g/mol. The third-order valence-electron chi connectivity index (χ3n) is 6.19. The minimum Gasteiger partial charge on any atom is -0.508 e. The van der Waals surface area contributed by atoms with E-state index in [9.17, 15) is 35.1 Å². The highest BCUT2D eigenvalue weighted by Gasteiger charge is 2.48. The molecule has 6 atom stereocenters. The largest absolute Gasteiger partial charge is 0.508 e. The zero-order valence-electron chi connectivity index (χ0n) is 21.1. The summed E-state index contributed by atoms with van der Waals surface area (Å²) in [6.45, 7) is -0.00575. The summed E-state index contributed by atoms with van der Waals surface area (Å²) in [5.41, 5.74) is 1.05. The van der Waals surface area contributed by atoms with Crippen LogP contribution in [0.1, 0.15) is 34.5 Å². The molecule has 1 heterocycles. The van der Waals surface area contributed by atoms with Gasteiger partial charge < -0.3 is 35.0 Å². The van der Waals surface area contributed by atoms with Crippen molar-refractivity contribution in [3.8, 4) is 5.75 Å². The van der Waals surface area contributed by atoms with Crippen LogP contribution in [0.15, 0.2) is 84.9 Å². The zero-order valence-corrected chi connectivity index (χ0v) is 20.1. The number of rotatable bonds is 8. The van der Waals surface area contributed by atoms with E-state index in [1.54, 1.807) is 54.6 Å². The maximum absolute atomic E-state index is 12.7. The van der Waals surface area contributed by atoms with Crippen molar-refractivity contribution in [3.05, 3.63) is 107 Å². The Labute approximate surface area is 220 Å². The molecule has 0 saturated carbocycles. The monoisotopic (exact) mass is 521 g/mol. The molecule has 9 heteroatoms. The molecule has 0 bridgehead atoms. The molecule has 0 aromatic heterocycles. The van der Waals surface area contributed by atoms with Crippen LogP contribution in [0.25, 0.3) is 6.05 Å². The van der Waals surface area contributed by atoms with Crippen LogP contribution in [0.4, 0.5) is 0 Å². The first-order chi connectivity index (χ1) is 18.7. The standard InChI is InChI=1S/C29H28O9/c30-21-14-12-19(29(36)37-16-18-9-5-2-6-10-18)15-20(21)27-25(34)24(33)26(35)28(38-27)23(32)22(31)13-11-17-7-3-1-4-8-17/h1-15,23-28,30,32-35H,16H2/t23?,24-,25-,26+,27?,28-/m1/s1/i11D. The van der Waals surface area contributed by atoms with E-state index in [0.29, 0.717) is 5.56 Å². The Hall–Kier alpha value is -3.86. The number of hydrogen-bond donors (Lipinski definition) is 5. The van der Waals surface area contributed by atoms with Gasteiger partial charge in [0.2, 0.25) is 0 Å². The summed E-state index contributed by atoms with van der Waals surface area (Å²) < 4.78 is 19.0. The van der Waals surface area contributed by atoms with Crippen LogP contribution < -0.4 is 0 Å². The number of aromatic hydroxyl groups is 1. The first-order valence-corrected chi connectivity index (χ1v) is 11.9. The summed E-state index contributed by atoms with van der Waals surface area (Å²) in [4.78, 5) is 25.3. The fourth-order valence-corrected chi connectivity index (χ4v) is 4.08. The summed E-state index contributed by atoms with van der Waals surface area (Å²) in [5.74, 6) is -2.11. The fourth-order valence-electron chi connectivity index (χ4n) is 4.08. The minimum absolute atomic E-state index is 0.00575. The number of carbonyl (C=O) groups excluding carboxylic acids is 2. The normalized spacial score (nSPS) is 24.8. The zero-order chi connectivity index (χ0) is 28.1. The average molecular weight is 522 g/mol. The number of hydrogen-bond acceptors (Lipinski definition) is 9. The predicted molar refractivity (Wildman–Crippen MR) is 136 cm³/mol. The van der Waals surface area contributed by atoms with Crippen LogP contribution in [-0.2, 0) is 20.9 Å². The van der Waals surface area contributed by atoms with E-state index in [0.717, 1.165) is 11.6 Å². The molecule has 38 heavy (non-hydrogen) atoms. The molecule has 0 spiro atoms. The molecule has 1 aliphatic heterocycles. The van der Waals surface area contributed by atoms with Gasteiger partial charge in [0.05, 0.1) is 6.93 Å². The topological polar surface area (TPSA) is 154 Å². The van der Waals surface area contributed by atoms with Gasteiger partial charge in [0.15, 0.2) is 5.78 Å². The van der Waals surface area contributed by atoms with Crippen LogP contribution >= 0.6 is 0 Å². The number of aliphatic hydroxyl groups is 4. The number of ether oxygens (including phenoxy) is 2. The number of phenols is 1. The third-order valence-corrected chi connectivity index (χ3v) is 6.19. The second-order valence-corrected chi connectivity index (χ2v) is 8.83. The van der Waals surface area contributed by atoms with Gasteiger partial charge in [0, 0.05) is 5.56 Å². The van der Waals surface area contributed by atoms with Gasteiger partial charge in [-0.1, -0.05) is 66.7 Å². The van der Waals surface area contributed by atoms with Crippen LogP contribution in [-0.4, -0.2) is 67.8 Å². The highest BCUT2D eigenvalue weighted by atomic mass is 16.5. The maximum Gasteiger partial charge on any atom is 0.338 e. The van der Waals surface area contributed by atoms with E-state index in [1.165, 1.54) is 18.2 Å². The van der Waals surface area contributed by atoms with Crippen molar-refractivity contribution in [2.75, 3.05) is 0 Å². The van der Waals surface area contributed by atoms with Crippen molar-refractivity contribution in [1.29, 1.82) is 0 Å². The lowest BCUT2D eigenvalue weighted by Crippen LogP contribution is -2.59. The Morgan fingerprint density at radius 1 is 0.947 bits per heavy atom. The molecule has 0 radical (unpaired) electrons. The quantitative estimate of drug-likeness (QED) is 0.221. The molecule has 1 aliphatic rings. The van der Waals surface area contributed by atoms with Crippen molar-refractivity contribution in [2.24, 2.45) is 0 Å². The average Bonchev–Trinajstić information content (AvgIpc) is 2.96. The van der Waals surface area contributed by atoms with Gasteiger partial charge in [0.25, 0.3) is 0 Å². The van der Waals surface area contributed by atoms with Gasteiger partial charge >= 0.3 is 5.97 Å². The van der Waals surface area contributed by atoms with Gasteiger partial charge in [-0.2, -0.15) is 0 Å². The molecule has 0 aliphatic carbocycles. The van der Waals surface area contributed by atoms with Crippen molar-refractivity contribution < 1.29 is 46.0 Å². The third kappa shape index (κ3) is 6.16. The Balaban J connectivity index is 1.54. The van der Waals surface area contributed by atoms with Crippen molar-refractivity contribution >= 4 is 17.8 Å². The van der Waals surface area contributed by atoms with Crippen molar-refractivity contribution in [1.82, 2.24) is 0 Å². The lowest BCUT2D eigenvalue weighted by Gasteiger charge is -2.42. The first kappa shape index (κ1) is 25.8. The lowest BCUT2D eigenvalue weighted by molar-refractivity contribution is -0.242. The SMILES string of the molecule is [2H]C(=CC(=O)C(O)[C@H]1OC(c2cc(C(=O)OCc3ccccc3)ccc2O)[C@H](O)[C@@H](O)[C@@H]1O)c1ccccc1. The van der Waals surface area contributed by atoms with E-state index in [2.05, 4.69) is 0 Å². The number of phenolic OH excluding ortho intramolecular Hbond substituents is 1. The molecular formula is C29H28O9. The van der Waals surface area contributed by atoms with Gasteiger partial charge in [-0.05, 0) is 35.4 Å². The smallest absolute Gasteiger partial charge is 0.338 e. The van der Waals surface area contributed by atoms with E-state index >= 15 is 0 Å². The summed E-state index contributed by atoms with van der Waals surface area (Å²) in [7, 11) is 0. The molecule has 1 fully saturated rings. The van der Waals surface area contributed by atoms with Gasteiger partial charge in [-0.15, -0.1) is 0 Å². The molecule has 1 saturated heterocycles. The van der Waals surface area contributed by atoms with Crippen LogP contribution in [0.2, 0.25) is 0 Å². The van der Waals surface area contributed by atoms with E-state index in [1.807, 2.05) is 6.07 Å². The number of ketones is 1. The fraction of sp³-hybridized carbons (Fsp3) is 0.241. The molecule has 9 nitrogen and oxygen atoms in total. The van der Waals surface area contributed by atoms with Crippen LogP contribution in [0, 0.1) is 0 Å². The van der Waals surface area contributed by atoms with Gasteiger partial charge in [-0.25, -0.2) is 4.79 Å². The van der Waals surface area contributed by atoms with Crippen LogP contribution in [0.5, 0.6) is 5.75 Å². The molecule has 198 valence electrons. The highest BCUT2D eigenvalue weighted by molar-refractivity contribution is 5.97. The van der Waals surface area contributed by atoms with Crippen LogP contribution in [0.3, 0.4) is 0 Å². The Bertz CT molecular complexity index is 1330. The van der Waals surface area contributed by atoms with E-state index in [-0.39, 0.29) is 23.8 Å². The Kier molecular flexibility index (Phi) is 8.22. The number of benzene rings is 3. The van der Waals surface area contributed by atoms with Crippen molar-refractivity contribution in [2.45, 2.75) is 43.2 Å². The molecule has 5 N–H and O–H groups in total. The lowest BCUT2D eigenvalue weighted by atomic mass is 9.87. The second kappa shape index (κ2) is 12.1. The highest BCUT2D eigenvalue weighted by Crippen LogP contribution is 2.38. The molecule has 0 amide bonds. The van der Waals surface area contributed by atoms with Crippen molar-refractivity contribution in [3.63, 3.8) is 0 Å². The molecule has 3 aromatic rings. The number of aliphatic hydroxyl groups excluding tert-OH is 4.